The van der Waals surface area contributed by atoms with Gasteiger partial charge in [-0.05, 0) is 63.1 Å². The summed E-state index contributed by atoms with van der Waals surface area (Å²) < 4.78 is 0. The fraction of sp³-hybridized carbons (Fsp3) is 1.00. The van der Waals surface area contributed by atoms with Gasteiger partial charge < -0.3 is 4.90 Å². The Morgan fingerprint density at radius 3 is 1.60 bits per heavy atom. The van der Waals surface area contributed by atoms with E-state index in [0.717, 1.165) is 0 Å². The monoisotopic (exact) mass is 211 g/mol. The Kier molecular flexibility index (Phi) is 4.22. The van der Waals surface area contributed by atoms with Crippen LogP contribution in [0.15, 0.2) is 0 Å². The van der Waals surface area contributed by atoms with E-state index in [9.17, 15) is 0 Å². The lowest BCUT2D eigenvalue weighted by Gasteiger charge is -2.37. The zero-order valence-corrected chi connectivity index (χ0v) is 11.4. The summed E-state index contributed by atoms with van der Waals surface area (Å²) in [6.45, 7) is 12.3. The molecule has 0 radical (unpaired) electrons. The summed E-state index contributed by atoms with van der Waals surface area (Å²) in [5, 5.41) is 0. The summed E-state index contributed by atoms with van der Waals surface area (Å²) in [6, 6.07) is 0. The van der Waals surface area contributed by atoms with Gasteiger partial charge in [0.2, 0.25) is 0 Å². The first-order valence-corrected chi connectivity index (χ1v) is 6.49. The Morgan fingerprint density at radius 2 is 1.20 bits per heavy atom. The van der Waals surface area contributed by atoms with Crippen molar-refractivity contribution in [1.29, 1.82) is 0 Å². The van der Waals surface area contributed by atoms with E-state index < -0.39 is 0 Å². The molecule has 1 aliphatic heterocycles. The second-order valence-electron chi connectivity index (χ2n) is 7.02. The Morgan fingerprint density at radius 1 is 0.800 bits per heavy atom. The highest BCUT2D eigenvalue weighted by molar-refractivity contribution is 4.80. The van der Waals surface area contributed by atoms with E-state index in [1.165, 1.54) is 45.2 Å². The average Bonchev–Trinajstić information content (AvgIpc) is 1.99. The van der Waals surface area contributed by atoms with Gasteiger partial charge in [-0.1, -0.05) is 27.7 Å². The molecule has 1 nitrogen and oxygen atoms in total. The van der Waals surface area contributed by atoms with E-state index in [0.29, 0.717) is 10.8 Å². The molecule has 0 saturated carbocycles. The van der Waals surface area contributed by atoms with Crippen LogP contribution in [0.25, 0.3) is 0 Å². The summed E-state index contributed by atoms with van der Waals surface area (Å²) >= 11 is 0. The molecular weight excluding hydrogens is 182 g/mol. The van der Waals surface area contributed by atoms with Gasteiger partial charge in [-0.15, -0.1) is 0 Å². The third-order valence-electron chi connectivity index (χ3n) is 3.74. The average molecular weight is 211 g/mol. The van der Waals surface area contributed by atoms with Crippen LogP contribution in [0.1, 0.15) is 59.8 Å². The lowest BCUT2D eigenvalue weighted by atomic mass is 9.70. The summed E-state index contributed by atoms with van der Waals surface area (Å²) in [5.74, 6) is 0. The van der Waals surface area contributed by atoms with Crippen molar-refractivity contribution in [1.82, 2.24) is 4.90 Å². The molecule has 0 aromatic heterocycles. The number of hydrogen-bond donors (Lipinski definition) is 0. The van der Waals surface area contributed by atoms with Gasteiger partial charge in [0, 0.05) is 0 Å². The Balaban J connectivity index is 2.60. The van der Waals surface area contributed by atoms with Gasteiger partial charge in [0.25, 0.3) is 0 Å². The van der Waals surface area contributed by atoms with Gasteiger partial charge in [-0.2, -0.15) is 0 Å². The van der Waals surface area contributed by atoms with Crippen LogP contribution in [0.4, 0.5) is 0 Å². The van der Waals surface area contributed by atoms with E-state index in [1.54, 1.807) is 0 Å². The van der Waals surface area contributed by atoms with Gasteiger partial charge in [0.05, 0.1) is 0 Å². The molecule has 1 heterocycles. The fourth-order valence-electron chi connectivity index (χ4n) is 3.24. The van der Waals surface area contributed by atoms with Crippen LogP contribution < -0.4 is 0 Å². The maximum Gasteiger partial charge on any atom is -0.00216 e. The highest BCUT2D eigenvalue weighted by Crippen LogP contribution is 2.40. The van der Waals surface area contributed by atoms with Crippen LogP contribution in [-0.2, 0) is 0 Å². The molecule has 0 unspecified atom stereocenters. The van der Waals surface area contributed by atoms with Crippen LogP contribution in [0, 0.1) is 10.8 Å². The first kappa shape index (κ1) is 13.0. The smallest absolute Gasteiger partial charge is 0.00216 e. The summed E-state index contributed by atoms with van der Waals surface area (Å²) in [7, 11) is 2.27. The first-order valence-electron chi connectivity index (χ1n) is 6.49. The summed E-state index contributed by atoms with van der Waals surface area (Å²) in [4.78, 5) is 2.50. The third-order valence-corrected chi connectivity index (χ3v) is 3.74. The second kappa shape index (κ2) is 4.86. The van der Waals surface area contributed by atoms with E-state index in [2.05, 4.69) is 39.6 Å². The molecule has 0 atom stereocenters. The van der Waals surface area contributed by atoms with Crippen LogP contribution in [-0.4, -0.2) is 25.0 Å². The van der Waals surface area contributed by atoms with Gasteiger partial charge in [0.1, 0.15) is 0 Å². The predicted molar refractivity (Wildman–Crippen MR) is 68.1 cm³/mol. The zero-order chi connectivity index (χ0) is 11.5. The van der Waals surface area contributed by atoms with Gasteiger partial charge in [-0.25, -0.2) is 0 Å². The minimum Gasteiger partial charge on any atom is -0.306 e. The van der Waals surface area contributed by atoms with Crippen LogP contribution in [0.3, 0.4) is 0 Å². The standard InChI is InChI=1S/C14H29N/c1-13(2)8-6-10-15(5)11-7-9-14(3,4)12-13/h6-12H2,1-5H3. The normalized spacial score (nSPS) is 28.6. The van der Waals surface area contributed by atoms with Crippen LogP contribution >= 0.6 is 0 Å². The van der Waals surface area contributed by atoms with Crippen molar-refractivity contribution in [2.24, 2.45) is 10.8 Å². The maximum atomic E-state index is 2.50. The Hall–Kier alpha value is -0.0400. The maximum absolute atomic E-state index is 2.50. The molecule has 0 aliphatic carbocycles. The molecule has 1 saturated heterocycles. The number of rotatable bonds is 0. The molecule has 1 fully saturated rings. The first-order chi connectivity index (χ1) is 6.81. The van der Waals surface area contributed by atoms with Crippen molar-refractivity contribution in [3.63, 3.8) is 0 Å². The number of nitrogens with zero attached hydrogens (tertiary/aromatic N) is 1. The lowest BCUT2D eigenvalue weighted by Crippen LogP contribution is -2.29. The largest absolute Gasteiger partial charge is 0.306 e. The highest BCUT2D eigenvalue weighted by atomic mass is 15.1. The van der Waals surface area contributed by atoms with Crippen LogP contribution in [0.2, 0.25) is 0 Å². The molecule has 0 bridgehead atoms. The Bertz CT molecular complexity index is 174. The summed E-state index contributed by atoms with van der Waals surface area (Å²) in [6.07, 6.45) is 6.85. The van der Waals surface area contributed by atoms with Crippen molar-refractivity contribution in [2.75, 3.05) is 20.1 Å². The number of hydrogen-bond acceptors (Lipinski definition) is 1. The molecule has 0 aromatic carbocycles. The molecule has 1 aliphatic rings. The zero-order valence-electron chi connectivity index (χ0n) is 11.4. The fourth-order valence-corrected chi connectivity index (χ4v) is 3.24. The SMILES string of the molecule is CN1CCCC(C)(C)CC(C)(C)CCC1. The molecule has 90 valence electrons. The Labute approximate surface area is 96.2 Å². The predicted octanol–water partition coefficient (Wildman–Crippen LogP) is 3.93. The quantitative estimate of drug-likeness (QED) is 0.587. The molecule has 0 N–H and O–H groups in total. The molecule has 0 aromatic rings. The van der Waals surface area contributed by atoms with Crippen molar-refractivity contribution in [3.05, 3.63) is 0 Å². The highest BCUT2D eigenvalue weighted by Gasteiger charge is 2.28. The minimum atomic E-state index is 0.529. The molecule has 1 rings (SSSR count). The van der Waals surface area contributed by atoms with Gasteiger partial charge in [0.15, 0.2) is 0 Å². The molecule has 15 heavy (non-hydrogen) atoms. The molecular formula is C14H29N. The van der Waals surface area contributed by atoms with E-state index in [1.807, 2.05) is 0 Å². The van der Waals surface area contributed by atoms with Gasteiger partial charge in [-0.3, -0.25) is 0 Å². The third kappa shape index (κ3) is 5.01. The molecule has 0 spiro atoms. The van der Waals surface area contributed by atoms with Crippen molar-refractivity contribution >= 4 is 0 Å². The molecule has 1 heteroatoms. The van der Waals surface area contributed by atoms with Crippen LogP contribution in [0.5, 0.6) is 0 Å². The molecule has 0 amide bonds. The summed E-state index contributed by atoms with van der Waals surface area (Å²) in [5.41, 5.74) is 1.06. The van der Waals surface area contributed by atoms with E-state index >= 15 is 0 Å². The van der Waals surface area contributed by atoms with Crippen molar-refractivity contribution in [2.45, 2.75) is 59.8 Å². The van der Waals surface area contributed by atoms with Gasteiger partial charge >= 0.3 is 0 Å². The topological polar surface area (TPSA) is 3.24 Å². The van der Waals surface area contributed by atoms with Crippen molar-refractivity contribution in [3.8, 4) is 0 Å². The second-order valence-corrected chi connectivity index (χ2v) is 7.02. The van der Waals surface area contributed by atoms with Crippen molar-refractivity contribution < 1.29 is 0 Å². The van der Waals surface area contributed by atoms with E-state index in [-0.39, 0.29) is 0 Å². The van der Waals surface area contributed by atoms with E-state index in [4.69, 9.17) is 0 Å². The minimum absolute atomic E-state index is 0.529. The lowest BCUT2D eigenvalue weighted by molar-refractivity contribution is 0.143.